The average molecular weight is 197 g/mol. The van der Waals surface area contributed by atoms with Crippen LogP contribution in [0, 0.1) is 0 Å². The Hall–Kier alpha value is -1.48. The second-order valence-corrected chi connectivity index (χ2v) is 3.05. The van der Waals surface area contributed by atoms with Crippen LogP contribution in [0.3, 0.4) is 0 Å². The molecule has 0 atom stereocenters. The van der Waals surface area contributed by atoms with Gasteiger partial charge in [-0.25, -0.2) is 0 Å². The van der Waals surface area contributed by atoms with Crippen molar-refractivity contribution in [3.05, 3.63) is 29.0 Å². The van der Waals surface area contributed by atoms with E-state index >= 15 is 0 Å². The molecule has 1 aromatic heterocycles. The highest BCUT2D eigenvalue weighted by molar-refractivity contribution is 6.31. The number of hydrogen-bond acceptors (Lipinski definition) is 3. The molecule has 13 heavy (non-hydrogen) atoms. The van der Waals surface area contributed by atoms with Crippen LogP contribution in [-0.4, -0.2) is 11.4 Å². The zero-order chi connectivity index (χ0) is 9.42. The number of aldehydes is 1. The smallest absolute Gasteiger partial charge is 0.185 e. The molecule has 0 unspecified atom stereocenters. The van der Waals surface area contributed by atoms with Crippen molar-refractivity contribution < 1.29 is 14.3 Å². The average Bonchev–Trinajstić information content (AvgIpc) is 2.47. The molecule has 0 aliphatic carbocycles. The molecule has 0 spiro atoms. The van der Waals surface area contributed by atoms with Crippen molar-refractivity contribution in [1.29, 1.82) is 0 Å². The molecule has 4 heteroatoms. The number of carbonyl (C=O) groups is 1. The standard InChI is InChI=1S/C9H5ClO3/c10-6-1-5-2-7(4-11)13-9(5)8(12)3-6/h1-4,12H. The van der Waals surface area contributed by atoms with E-state index in [0.29, 0.717) is 16.7 Å². The van der Waals surface area contributed by atoms with Gasteiger partial charge < -0.3 is 9.52 Å². The van der Waals surface area contributed by atoms with Gasteiger partial charge in [0, 0.05) is 16.5 Å². The third kappa shape index (κ3) is 1.27. The van der Waals surface area contributed by atoms with Crippen molar-refractivity contribution >= 4 is 28.9 Å². The fraction of sp³-hybridized carbons (Fsp3) is 0. The van der Waals surface area contributed by atoms with E-state index < -0.39 is 0 Å². The van der Waals surface area contributed by atoms with Crippen LogP contribution in [-0.2, 0) is 0 Å². The molecule has 0 fully saturated rings. The molecular formula is C9H5ClO3. The molecule has 1 N–H and O–H groups in total. The Morgan fingerprint density at radius 2 is 2.15 bits per heavy atom. The van der Waals surface area contributed by atoms with Gasteiger partial charge >= 0.3 is 0 Å². The van der Waals surface area contributed by atoms with Gasteiger partial charge in [0.2, 0.25) is 0 Å². The van der Waals surface area contributed by atoms with Gasteiger partial charge in [0.15, 0.2) is 23.4 Å². The number of halogens is 1. The summed E-state index contributed by atoms with van der Waals surface area (Å²) in [4.78, 5) is 10.4. The molecule has 3 nitrogen and oxygen atoms in total. The summed E-state index contributed by atoms with van der Waals surface area (Å²) in [6.45, 7) is 0. The van der Waals surface area contributed by atoms with Crippen molar-refractivity contribution in [3.8, 4) is 5.75 Å². The number of hydrogen-bond donors (Lipinski definition) is 1. The molecule has 2 aromatic rings. The lowest BCUT2D eigenvalue weighted by Gasteiger charge is -1.93. The highest BCUT2D eigenvalue weighted by atomic mass is 35.5. The summed E-state index contributed by atoms with van der Waals surface area (Å²) in [5.41, 5.74) is 0.284. The molecule has 1 heterocycles. The van der Waals surface area contributed by atoms with Gasteiger partial charge in [-0.2, -0.15) is 0 Å². The first kappa shape index (κ1) is 8.13. The summed E-state index contributed by atoms with van der Waals surface area (Å²) in [7, 11) is 0. The Balaban J connectivity index is 2.82. The Kier molecular flexibility index (Phi) is 1.74. The number of phenols is 1. The molecule has 1 aromatic carbocycles. The van der Waals surface area contributed by atoms with E-state index in [0.717, 1.165) is 0 Å². The third-order valence-electron chi connectivity index (χ3n) is 1.70. The maximum atomic E-state index is 10.4. The molecule has 0 saturated heterocycles. The van der Waals surface area contributed by atoms with Crippen LogP contribution in [0.4, 0.5) is 0 Å². The van der Waals surface area contributed by atoms with E-state index in [1.165, 1.54) is 12.1 Å². The number of benzene rings is 1. The molecule has 0 amide bonds. The Labute approximate surface area is 78.5 Å². The molecule has 0 radical (unpaired) electrons. The lowest BCUT2D eigenvalue weighted by Crippen LogP contribution is -1.67. The predicted molar refractivity (Wildman–Crippen MR) is 48.3 cm³/mol. The van der Waals surface area contributed by atoms with Crippen LogP contribution in [0.1, 0.15) is 10.6 Å². The third-order valence-corrected chi connectivity index (χ3v) is 1.91. The molecule has 0 aliphatic rings. The number of rotatable bonds is 1. The van der Waals surface area contributed by atoms with Gasteiger partial charge in [0.1, 0.15) is 0 Å². The summed E-state index contributed by atoms with van der Waals surface area (Å²) in [6.07, 6.45) is 0.577. The van der Waals surface area contributed by atoms with E-state index in [9.17, 15) is 9.90 Å². The van der Waals surface area contributed by atoms with Crippen LogP contribution < -0.4 is 0 Å². The van der Waals surface area contributed by atoms with Crippen LogP contribution in [0.2, 0.25) is 5.02 Å². The first-order valence-electron chi connectivity index (χ1n) is 3.58. The number of phenolic OH excluding ortho intramolecular Hbond substituents is 1. The minimum atomic E-state index is -0.0596. The Bertz CT molecular complexity index is 473. The maximum absolute atomic E-state index is 10.4. The van der Waals surface area contributed by atoms with Crippen molar-refractivity contribution in [2.75, 3.05) is 0 Å². The van der Waals surface area contributed by atoms with Gasteiger partial charge in [0.05, 0.1) is 0 Å². The molecule has 0 saturated carbocycles. The minimum Gasteiger partial charge on any atom is -0.504 e. The van der Waals surface area contributed by atoms with Gasteiger partial charge in [-0.05, 0) is 12.1 Å². The van der Waals surface area contributed by atoms with Gasteiger partial charge in [0.25, 0.3) is 0 Å². The van der Waals surface area contributed by atoms with E-state index in [2.05, 4.69) is 0 Å². The lowest BCUT2D eigenvalue weighted by atomic mass is 10.2. The second-order valence-electron chi connectivity index (χ2n) is 2.61. The summed E-state index contributed by atoms with van der Waals surface area (Å²) in [6, 6.07) is 4.50. The number of fused-ring (bicyclic) bond motifs is 1. The van der Waals surface area contributed by atoms with Gasteiger partial charge in [-0.3, -0.25) is 4.79 Å². The summed E-state index contributed by atoms with van der Waals surface area (Å²) in [5.74, 6) is 0.114. The Morgan fingerprint density at radius 3 is 2.85 bits per heavy atom. The van der Waals surface area contributed by atoms with E-state index in [-0.39, 0.29) is 17.1 Å². The zero-order valence-corrected chi connectivity index (χ0v) is 7.21. The largest absolute Gasteiger partial charge is 0.504 e. The number of aromatic hydroxyl groups is 1. The van der Waals surface area contributed by atoms with Crippen LogP contribution in [0.25, 0.3) is 11.0 Å². The van der Waals surface area contributed by atoms with Gasteiger partial charge in [-0.15, -0.1) is 0 Å². The van der Waals surface area contributed by atoms with Crippen LogP contribution in [0.15, 0.2) is 22.6 Å². The molecule has 0 bridgehead atoms. The number of carbonyl (C=O) groups excluding carboxylic acids is 1. The molecule has 2 rings (SSSR count). The van der Waals surface area contributed by atoms with Gasteiger partial charge in [-0.1, -0.05) is 11.6 Å². The molecule has 66 valence electrons. The second kappa shape index (κ2) is 2.78. The summed E-state index contributed by atoms with van der Waals surface area (Å²) in [5, 5.41) is 10.4. The summed E-state index contributed by atoms with van der Waals surface area (Å²) >= 11 is 5.69. The monoisotopic (exact) mass is 196 g/mol. The fourth-order valence-corrected chi connectivity index (χ4v) is 1.40. The van der Waals surface area contributed by atoms with E-state index in [1.807, 2.05) is 0 Å². The fourth-order valence-electron chi connectivity index (χ4n) is 1.18. The maximum Gasteiger partial charge on any atom is 0.185 e. The highest BCUT2D eigenvalue weighted by Crippen LogP contribution is 2.30. The van der Waals surface area contributed by atoms with Crippen molar-refractivity contribution in [2.24, 2.45) is 0 Å². The molecular weight excluding hydrogens is 192 g/mol. The molecule has 0 aliphatic heterocycles. The van der Waals surface area contributed by atoms with Crippen LogP contribution in [0.5, 0.6) is 5.75 Å². The SMILES string of the molecule is O=Cc1cc2cc(Cl)cc(O)c2o1. The van der Waals surface area contributed by atoms with Crippen molar-refractivity contribution in [3.63, 3.8) is 0 Å². The lowest BCUT2D eigenvalue weighted by molar-refractivity contribution is 0.110. The van der Waals surface area contributed by atoms with Crippen LogP contribution >= 0.6 is 11.6 Å². The predicted octanol–water partition coefficient (Wildman–Crippen LogP) is 2.60. The van der Waals surface area contributed by atoms with Crippen molar-refractivity contribution in [2.45, 2.75) is 0 Å². The van der Waals surface area contributed by atoms with Crippen molar-refractivity contribution in [1.82, 2.24) is 0 Å². The first-order valence-corrected chi connectivity index (χ1v) is 3.96. The minimum absolute atomic E-state index is 0.0596. The highest BCUT2D eigenvalue weighted by Gasteiger charge is 2.08. The normalized spacial score (nSPS) is 10.5. The summed E-state index contributed by atoms with van der Waals surface area (Å²) < 4.78 is 5.03. The Morgan fingerprint density at radius 1 is 1.38 bits per heavy atom. The van der Waals surface area contributed by atoms with E-state index in [4.69, 9.17) is 16.0 Å². The number of furan rings is 1. The zero-order valence-electron chi connectivity index (χ0n) is 6.45. The first-order chi connectivity index (χ1) is 6.20. The quantitative estimate of drug-likeness (QED) is 0.714. The topological polar surface area (TPSA) is 50.4 Å². The van der Waals surface area contributed by atoms with E-state index in [1.54, 1.807) is 6.07 Å².